The highest BCUT2D eigenvalue weighted by molar-refractivity contribution is 5.90. The predicted octanol–water partition coefficient (Wildman–Crippen LogP) is 2.25. The minimum atomic E-state index is -2.19. The van der Waals surface area contributed by atoms with Gasteiger partial charge in [0.2, 0.25) is 12.0 Å². The summed E-state index contributed by atoms with van der Waals surface area (Å²) in [5.41, 5.74) is 0.842. The van der Waals surface area contributed by atoms with Crippen LogP contribution in [-0.4, -0.2) is 89.5 Å². The van der Waals surface area contributed by atoms with Crippen LogP contribution in [-0.2, 0) is 25.5 Å². The van der Waals surface area contributed by atoms with Gasteiger partial charge in [0.15, 0.2) is 11.5 Å². The summed E-state index contributed by atoms with van der Waals surface area (Å²) >= 11 is 0. The molecule has 8 atom stereocenters. The largest absolute Gasteiger partial charge is 0.493 e. The van der Waals surface area contributed by atoms with Gasteiger partial charge in [0, 0.05) is 30.0 Å². The first-order valence-electron chi connectivity index (χ1n) is 15.7. The van der Waals surface area contributed by atoms with E-state index < -0.39 is 67.7 Å². The summed E-state index contributed by atoms with van der Waals surface area (Å²) in [6.07, 6.45) is -8.13. The van der Waals surface area contributed by atoms with Crippen molar-refractivity contribution in [2.75, 3.05) is 20.8 Å². The van der Waals surface area contributed by atoms with Gasteiger partial charge in [-0.25, -0.2) is 0 Å². The number of carboxylic acid groups (broad SMARTS) is 1. The van der Waals surface area contributed by atoms with Gasteiger partial charge < -0.3 is 53.6 Å². The Morgan fingerprint density at radius 3 is 2.51 bits per heavy atom. The summed E-state index contributed by atoms with van der Waals surface area (Å²) in [6, 6.07) is 17.1. The van der Waals surface area contributed by atoms with Crippen molar-refractivity contribution in [3.8, 4) is 40.6 Å². The van der Waals surface area contributed by atoms with Gasteiger partial charge in [0.25, 0.3) is 0 Å². The number of carbonyl (C=O) groups is 2. The number of hydrogen-bond acceptors (Lipinski definition) is 12. The molecule has 3 aromatic rings. The minimum Gasteiger partial charge on any atom is -0.493 e. The summed E-state index contributed by atoms with van der Waals surface area (Å²) in [6.45, 7) is -0.621. The number of hydrogen-bond donors (Lipinski definition) is 4. The fraction of sp³-hybridized carbons (Fsp3) is 0.389. The average molecular weight is 675 g/mol. The number of carboxylic acids is 1. The van der Waals surface area contributed by atoms with E-state index in [0.29, 0.717) is 40.5 Å². The molecule has 0 saturated carbocycles. The maximum absolute atomic E-state index is 11.9. The van der Waals surface area contributed by atoms with Crippen LogP contribution in [0.15, 0.2) is 54.6 Å². The number of benzene rings is 3. The van der Waals surface area contributed by atoms with Gasteiger partial charge in [-0.2, -0.15) is 0 Å². The van der Waals surface area contributed by atoms with Gasteiger partial charge in [0.1, 0.15) is 60.6 Å². The average Bonchev–Trinajstić information content (AvgIpc) is 3.48. The smallest absolute Gasteiger partial charge is 0.317 e. The van der Waals surface area contributed by atoms with Crippen molar-refractivity contribution in [3.05, 3.63) is 76.9 Å². The second-order valence-electron chi connectivity index (χ2n) is 12.3. The van der Waals surface area contributed by atoms with E-state index in [0.717, 1.165) is 11.1 Å². The molecule has 0 aliphatic carbocycles. The molecule has 49 heavy (non-hydrogen) atoms. The first kappa shape index (κ1) is 32.5. The van der Waals surface area contributed by atoms with Crippen molar-refractivity contribution in [3.63, 3.8) is 0 Å². The Labute approximate surface area is 280 Å². The summed E-state index contributed by atoms with van der Waals surface area (Å²) in [4.78, 5) is 22.9. The lowest BCUT2D eigenvalue weighted by molar-refractivity contribution is -0.312. The number of aliphatic hydroxyl groups is 3. The zero-order chi connectivity index (χ0) is 34.4. The third-order valence-electron chi connectivity index (χ3n) is 9.34. The van der Waals surface area contributed by atoms with Crippen LogP contribution < -0.4 is 23.7 Å². The molecule has 5 heterocycles. The quantitative estimate of drug-likeness (QED) is 0.155. The summed E-state index contributed by atoms with van der Waals surface area (Å²) in [5.74, 6) is 5.31. The molecule has 4 N–H and O–H groups in total. The Kier molecular flexibility index (Phi) is 8.50. The van der Waals surface area contributed by atoms with Crippen molar-refractivity contribution in [2.24, 2.45) is 0 Å². The van der Waals surface area contributed by atoms with Crippen LogP contribution in [0.5, 0.6) is 28.7 Å². The first-order valence-corrected chi connectivity index (χ1v) is 15.7. The summed E-state index contributed by atoms with van der Waals surface area (Å²) in [5, 5.41) is 42.3. The zero-order valence-corrected chi connectivity index (χ0v) is 26.5. The van der Waals surface area contributed by atoms with Crippen LogP contribution in [0.3, 0.4) is 0 Å². The topological polar surface area (TPSA) is 180 Å². The molecule has 1 saturated heterocycles. The van der Waals surface area contributed by atoms with Crippen LogP contribution in [0, 0.1) is 11.8 Å². The van der Waals surface area contributed by atoms with Gasteiger partial charge in [-0.1, -0.05) is 48.2 Å². The van der Waals surface area contributed by atoms with Crippen molar-refractivity contribution < 1.29 is 63.2 Å². The number of aliphatic carboxylic acids is 1. The first-order chi connectivity index (χ1) is 23.6. The highest BCUT2D eigenvalue weighted by Gasteiger charge is 2.56. The predicted molar refractivity (Wildman–Crippen MR) is 168 cm³/mol. The number of methoxy groups -OCH3 is 2. The minimum absolute atomic E-state index is 0.170. The molecule has 5 aliphatic rings. The van der Waals surface area contributed by atoms with Crippen LogP contribution in [0.4, 0.5) is 0 Å². The normalized spacial score (nSPS) is 28.8. The lowest BCUT2D eigenvalue weighted by atomic mass is 9.80. The molecule has 256 valence electrons. The van der Waals surface area contributed by atoms with E-state index in [-0.39, 0.29) is 17.8 Å². The van der Waals surface area contributed by atoms with Crippen molar-refractivity contribution >= 4 is 11.9 Å². The second kappa shape index (κ2) is 12.8. The van der Waals surface area contributed by atoms with Crippen LogP contribution in [0.1, 0.15) is 47.1 Å². The molecule has 13 heteroatoms. The standard InChI is InChI=1S/C36H34O13/c1-43-22-11-10-20-29-25(13-18-7-4-3-5-8-18)46-24-15-23-19(14-21(24)31(29)49-32(20)33(22)44-2)9-6-12-36(42)26(17-45-28(39)16-27(37)38)48-35(47-23)30(40)34(36)41/h3-5,7-8,10-11,14-15,25-26,29-31,34-35,40-42H,12-13,16-17H2,1-2H3,(H,37,38)/t25-,26+,29+,30+,31-,34+,35+,36+/m0/s1. The number of aliphatic hydroxyl groups excluding tert-OH is 2. The maximum Gasteiger partial charge on any atom is 0.317 e. The number of ether oxygens (including phenoxy) is 7. The van der Waals surface area contributed by atoms with E-state index in [4.69, 9.17) is 38.3 Å². The highest BCUT2D eigenvalue weighted by Crippen LogP contribution is 2.59. The fourth-order valence-corrected chi connectivity index (χ4v) is 6.91. The number of rotatable bonds is 8. The molecule has 0 unspecified atom stereocenters. The zero-order valence-electron chi connectivity index (χ0n) is 26.5. The molecule has 0 radical (unpaired) electrons. The molecular weight excluding hydrogens is 640 g/mol. The van der Waals surface area contributed by atoms with E-state index >= 15 is 0 Å². The van der Waals surface area contributed by atoms with Gasteiger partial charge in [-0.15, -0.1) is 0 Å². The van der Waals surface area contributed by atoms with E-state index in [2.05, 4.69) is 11.8 Å². The van der Waals surface area contributed by atoms with Gasteiger partial charge >= 0.3 is 11.9 Å². The molecule has 3 aromatic carbocycles. The lowest BCUT2D eigenvalue weighted by Crippen LogP contribution is -2.68. The third-order valence-corrected chi connectivity index (χ3v) is 9.34. The van der Waals surface area contributed by atoms with E-state index in [1.165, 1.54) is 0 Å². The van der Waals surface area contributed by atoms with E-state index in [1.807, 2.05) is 42.5 Å². The molecule has 8 rings (SSSR count). The van der Waals surface area contributed by atoms with Gasteiger partial charge in [-0.3, -0.25) is 9.59 Å². The van der Waals surface area contributed by atoms with Crippen LogP contribution in [0.2, 0.25) is 0 Å². The number of esters is 1. The Hall–Kier alpha value is -5.00. The Balaban J connectivity index is 1.27. The van der Waals surface area contributed by atoms with Crippen molar-refractivity contribution in [1.82, 2.24) is 0 Å². The Morgan fingerprint density at radius 2 is 1.78 bits per heavy atom. The van der Waals surface area contributed by atoms with E-state index in [1.54, 1.807) is 26.4 Å². The summed E-state index contributed by atoms with van der Waals surface area (Å²) < 4.78 is 41.6. The molecule has 13 nitrogen and oxygen atoms in total. The monoisotopic (exact) mass is 674 g/mol. The van der Waals surface area contributed by atoms with E-state index in [9.17, 15) is 24.9 Å². The van der Waals surface area contributed by atoms with Gasteiger partial charge in [-0.05, 0) is 17.7 Å². The molecule has 1 fully saturated rings. The number of carbonyl (C=O) groups excluding carboxylic acids is 1. The fourth-order valence-electron chi connectivity index (χ4n) is 6.91. The molecule has 0 amide bonds. The molecular formula is C36H34O13. The third kappa shape index (κ3) is 5.76. The Bertz CT molecular complexity index is 1830. The van der Waals surface area contributed by atoms with Crippen LogP contribution in [0.25, 0.3) is 0 Å². The summed E-state index contributed by atoms with van der Waals surface area (Å²) in [7, 11) is 3.11. The lowest BCUT2D eigenvalue weighted by Gasteiger charge is -2.47. The Morgan fingerprint density at radius 1 is 0.980 bits per heavy atom. The molecule has 2 bridgehead atoms. The highest BCUT2D eigenvalue weighted by atomic mass is 16.7. The molecule has 5 aliphatic heterocycles. The van der Waals surface area contributed by atoms with Crippen LogP contribution >= 0.6 is 0 Å². The maximum atomic E-state index is 11.9. The molecule has 0 spiro atoms. The SMILES string of the molecule is COc1ccc2c(c1OC)O[C@H]1c3cc4c(cc3O[C@@H](Cc3ccccc3)[C@@H]21)O[C@@H]1O[C@H](COC(=O)CC(=O)O)[C@](O)(CC#C4)[C@H](O)[C@H]1O. The van der Waals surface area contributed by atoms with Gasteiger partial charge in [0.05, 0.1) is 25.7 Å². The molecule has 0 aromatic heterocycles. The van der Waals surface area contributed by atoms with Crippen molar-refractivity contribution in [2.45, 2.75) is 67.6 Å². The number of fused-ring (bicyclic) bond motifs is 8. The van der Waals surface area contributed by atoms with Crippen molar-refractivity contribution in [1.29, 1.82) is 0 Å². The second-order valence-corrected chi connectivity index (χ2v) is 12.3.